The van der Waals surface area contributed by atoms with Gasteiger partial charge in [0.25, 0.3) is 5.91 Å². The summed E-state index contributed by atoms with van der Waals surface area (Å²) in [4.78, 5) is 30.1. The monoisotopic (exact) mass is 488 g/mol. The summed E-state index contributed by atoms with van der Waals surface area (Å²) in [5.41, 5.74) is 3.53. The maximum absolute atomic E-state index is 13.0. The molecule has 35 heavy (non-hydrogen) atoms. The van der Waals surface area contributed by atoms with E-state index in [1.54, 1.807) is 23.6 Å². The molecule has 0 bridgehead atoms. The van der Waals surface area contributed by atoms with E-state index in [2.05, 4.69) is 17.1 Å². The molecule has 1 aliphatic heterocycles. The van der Waals surface area contributed by atoms with Crippen molar-refractivity contribution in [2.75, 3.05) is 19.8 Å². The molecule has 0 radical (unpaired) electrons. The number of ether oxygens (including phenoxy) is 3. The highest BCUT2D eigenvalue weighted by Crippen LogP contribution is 2.35. The Morgan fingerprint density at radius 3 is 2.37 bits per heavy atom. The van der Waals surface area contributed by atoms with E-state index in [4.69, 9.17) is 14.2 Å². The van der Waals surface area contributed by atoms with Crippen LogP contribution in [0.1, 0.15) is 28.4 Å². The molecule has 0 fully saturated rings. The van der Waals surface area contributed by atoms with E-state index in [0.717, 1.165) is 22.2 Å². The van der Waals surface area contributed by atoms with Crippen molar-refractivity contribution >= 4 is 33.4 Å². The first-order chi connectivity index (χ1) is 17.1. The van der Waals surface area contributed by atoms with Crippen LogP contribution in [-0.4, -0.2) is 36.3 Å². The summed E-state index contributed by atoms with van der Waals surface area (Å²) in [5, 5.41) is 0. The minimum absolute atomic E-state index is 0.0599. The molecule has 0 spiro atoms. The van der Waals surface area contributed by atoms with Crippen molar-refractivity contribution in [2.45, 2.75) is 19.9 Å². The number of benzene rings is 3. The van der Waals surface area contributed by atoms with Gasteiger partial charge in [0, 0.05) is 17.7 Å². The van der Waals surface area contributed by atoms with Gasteiger partial charge in [0.2, 0.25) is 0 Å². The number of amides is 1. The fraction of sp³-hybridized carbons (Fsp3) is 0.222. The van der Waals surface area contributed by atoms with Crippen molar-refractivity contribution in [3.63, 3.8) is 0 Å². The molecule has 1 aromatic heterocycles. The first kappa shape index (κ1) is 22.9. The molecule has 178 valence electrons. The van der Waals surface area contributed by atoms with Crippen molar-refractivity contribution in [1.82, 2.24) is 4.57 Å². The van der Waals surface area contributed by atoms with Gasteiger partial charge in [-0.05, 0) is 36.6 Å². The van der Waals surface area contributed by atoms with Gasteiger partial charge >= 0.3 is 5.97 Å². The van der Waals surface area contributed by atoms with Crippen molar-refractivity contribution in [3.05, 3.63) is 88.2 Å². The maximum atomic E-state index is 13.0. The van der Waals surface area contributed by atoms with E-state index in [1.807, 2.05) is 42.5 Å². The number of esters is 1. The van der Waals surface area contributed by atoms with Crippen molar-refractivity contribution in [2.24, 2.45) is 4.99 Å². The van der Waals surface area contributed by atoms with Crippen LogP contribution in [0, 0.1) is 0 Å². The third-order valence-electron chi connectivity index (χ3n) is 5.59. The Balaban J connectivity index is 1.48. The number of thiazole rings is 1. The normalized spacial score (nSPS) is 13.1. The predicted molar refractivity (Wildman–Crippen MR) is 133 cm³/mol. The number of fused-ring (bicyclic) bond motifs is 2. The van der Waals surface area contributed by atoms with Crippen LogP contribution >= 0.6 is 11.3 Å². The fourth-order valence-corrected chi connectivity index (χ4v) is 4.97. The topological polar surface area (TPSA) is 79.1 Å². The Bertz CT molecular complexity index is 1440. The molecule has 0 unspecified atom stereocenters. The van der Waals surface area contributed by atoms with Gasteiger partial charge in [-0.25, -0.2) is 0 Å². The Hall–Kier alpha value is -3.91. The van der Waals surface area contributed by atoms with Gasteiger partial charge in [-0.1, -0.05) is 53.8 Å². The molecule has 2 heterocycles. The highest BCUT2D eigenvalue weighted by Gasteiger charge is 2.18. The second kappa shape index (κ2) is 10.1. The van der Waals surface area contributed by atoms with Gasteiger partial charge in [0.15, 0.2) is 16.3 Å². The van der Waals surface area contributed by atoms with Crippen molar-refractivity contribution in [1.29, 1.82) is 0 Å². The second-order valence-electron chi connectivity index (χ2n) is 8.02. The lowest BCUT2D eigenvalue weighted by atomic mass is 10.0. The zero-order valence-corrected chi connectivity index (χ0v) is 20.0. The summed E-state index contributed by atoms with van der Waals surface area (Å²) < 4.78 is 19.1. The fourth-order valence-electron chi connectivity index (χ4n) is 3.93. The van der Waals surface area contributed by atoms with Crippen molar-refractivity contribution < 1.29 is 23.8 Å². The summed E-state index contributed by atoms with van der Waals surface area (Å²) in [6, 6.07) is 21.3. The molecule has 4 aromatic rings. The van der Waals surface area contributed by atoms with Crippen LogP contribution < -0.4 is 14.3 Å². The molecule has 1 aliphatic rings. The van der Waals surface area contributed by atoms with Crippen LogP contribution in [0.4, 0.5) is 0 Å². The van der Waals surface area contributed by atoms with E-state index >= 15 is 0 Å². The van der Waals surface area contributed by atoms with Crippen molar-refractivity contribution in [3.8, 4) is 11.5 Å². The second-order valence-corrected chi connectivity index (χ2v) is 9.02. The number of hydrogen-bond donors (Lipinski definition) is 0. The smallest absolute Gasteiger partial charge is 0.326 e. The molecule has 1 amide bonds. The molecule has 0 atom stereocenters. The summed E-state index contributed by atoms with van der Waals surface area (Å²) in [5.74, 6) is 0.463. The Kier molecular flexibility index (Phi) is 6.63. The molecule has 0 aliphatic carbocycles. The first-order valence-electron chi connectivity index (χ1n) is 11.4. The molecule has 5 rings (SSSR count). The highest BCUT2D eigenvalue weighted by atomic mass is 32.1. The molecule has 3 aromatic carbocycles. The number of carbonyl (C=O) groups is 2. The number of carbonyl (C=O) groups excluding carboxylic acids is 2. The summed E-state index contributed by atoms with van der Waals surface area (Å²) in [6.45, 7) is 2.90. The van der Waals surface area contributed by atoms with Gasteiger partial charge in [0.1, 0.15) is 19.8 Å². The third-order valence-corrected chi connectivity index (χ3v) is 6.63. The van der Waals surface area contributed by atoms with Crippen LogP contribution in [0.5, 0.6) is 11.5 Å². The molecule has 8 heteroatoms. The molecule has 0 saturated heterocycles. The molecule has 7 nitrogen and oxygen atoms in total. The number of hydrogen-bond acceptors (Lipinski definition) is 6. The maximum Gasteiger partial charge on any atom is 0.326 e. The Labute approximate surface area is 206 Å². The SMILES string of the molecule is CCOC(=O)Cn1c(=NC(=O)c2ccc(Cc3ccccc3)cc2)sc2cc3c(cc21)OCCO3. The Morgan fingerprint density at radius 2 is 1.66 bits per heavy atom. The van der Waals surface area contributed by atoms with Gasteiger partial charge in [-0.2, -0.15) is 4.99 Å². The third kappa shape index (κ3) is 5.12. The summed E-state index contributed by atoms with van der Waals surface area (Å²) >= 11 is 1.32. The van der Waals surface area contributed by atoms with E-state index in [0.29, 0.717) is 35.1 Å². The lowest BCUT2D eigenvalue weighted by molar-refractivity contribution is -0.143. The predicted octanol–water partition coefficient (Wildman–Crippen LogP) is 4.37. The number of rotatable bonds is 6. The summed E-state index contributed by atoms with van der Waals surface area (Å²) in [6.07, 6.45) is 0.789. The molecular weight excluding hydrogens is 464 g/mol. The van der Waals surface area contributed by atoms with E-state index in [1.165, 1.54) is 16.9 Å². The quantitative estimate of drug-likeness (QED) is 0.377. The highest BCUT2D eigenvalue weighted by molar-refractivity contribution is 7.16. The van der Waals surface area contributed by atoms with Gasteiger partial charge in [-0.15, -0.1) is 0 Å². The minimum Gasteiger partial charge on any atom is -0.486 e. The zero-order chi connectivity index (χ0) is 24.2. The molecular formula is C27H24N2O5S. The van der Waals surface area contributed by atoms with E-state index < -0.39 is 5.97 Å². The summed E-state index contributed by atoms with van der Waals surface area (Å²) in [7, 11) is 0. The van der Waals surface area contributed by atoms with Crippen LogP contribution in [0.15, 0.2) is 71.7 Å². The largest absolute Gasteiger partial charge is 0.486 e. The average Bonchev–Trinajstić information content (AvgIpc) is 3.19. The van der Waals surface area contributed by atoms with Gasteiger partial charge in [-0.3, -0.25) is 9.59 Å². The van der Waals surface area contributed by atoms with Crippen LogP contribution in [0.25, 0.3) is 10.2 Å². The minimum atomic E-state index is -0.402. The molecule has 0 saturated carbocycles. The zero-order valence-electron chi connectivity index (χ0n) is 19.2. The lowest BCUT2D eigenvalue weighted by Gasteiger charge is -2.18. The van der Waals surface area contributed by atoms with E-state index in [-0.39, 0.29) is 19.1 Å². The average molecular weight is 489 g/mol. The standard InChI is InChI=1S/C27H24N2O5S/c1-2-32-25(30)17-29-21-15-22-23(34-13-12-33-22)16-24(21)35-27(29)28-26(31)20-10-8-19(9-11-20)14-18-6-4-3-5-7-18/h3-11,15-16H,2,12-14,17H2,1H3. The van der Waals surface area contributed by atoms with Crippen LogP contribution in [0.3, 0.4) is 0 Å². The van der Waals surface area contributed by atoms with Gasteiger partial charge in [0.05, 0.1) is 16.8 Å². The molecule has 0 N–H and O–H groups in total. The first-order valence-corrected chi connectivity index (χ1v) is 12.2. The number of nitrogens with zero attached hydrogens (tertiary/aromatic N) is 2. The van der Waals surface area contributed by atoms with Gasteiger partial charge < -0.3 is 18.8 Å². The van der Waals surface area contributed by atoms with Crippen LogP contribution in [-0.2, 0) is 22.5 Å². The van der Waals surface area contributed by atoms with Crippen LogP contribution in [0.2, 0.25) is 0 Å². The van der Waals surface area contributed by atoms with E-state index in [9.17, 15) is 9.59 Å². The number of aromatic nitrogens is 1. The lowest BCUT2D eigenvalue weighted by Crippen LogP contribution is -2.23. The Morgan fingerprint density at radius 1 is 0.971 bits per heavy atom.